The summed E-state index contributed by atoms with van der Waals surface area (Å²) in [5.41, 5.74) is 1.02. The lowest BCUT2D eigenvalue weighted by molar-refractivity contribution is -0.0202. The number of halogens is 1. The van der Waals surface area contributed by atoms with Gasteiger partial charge in [0.15, 0.2) is 0 Å². The zero-order chi connectivity index (χ0) is 14.5. The van der Waals surface area contributed by atoms with Crippen molar-refractivity contribution in [2.75, 3.05) is 32.8 Å². The molecule has 1 aromatic rings. The molecule has 0 radical (unpaired) electrons. The van der Waals surface area contributed by atoms with Crippen LogP contribution in [0.2, 0.25) is 5.02 Å². The van der Waals surface area contributed by atoms with Crippen molar-refractivity contribution in [2.45, 2.75) is 20.0 Å². The summed E-state index contributed by atoms with van der Waals surface area (Å²) in [5, 5.41) is 0.693. The molecule has 1 fully saturated rings. The summed E-state index contributed by atoms with van der Waals surface area (Å²) < 4.78 is 5.78. The molecule has 0 spiro atoms. The Balaban J connectivity index is 2.07. The molecule has 2 amide bonds. The van der Waals surface area contributed by atoms with Gasteiger partial charge in [-0.15, -0.1) is 0 Å². The smallest absolute Gasteiger partial charge is 0.320 e. The maximum absolute atomic E-state index is 12.4. The van der Waals surface area contributed by atoms with Gasteiger partial charge in [0, 0.05) is 24.7 Å². The number of carbonyl (C=O) groups is 1. The van der Waals surface area contributed by atoms with Crippen molar-refractivity contribution in [1.82, 2.24) is 9.80 Å². The van der Waals surface area contributed by atoms with Gasteiger partial charge in [0.2, 0.25) is 0 Å². The molecule has 1 atom stereocenters. The lowest BCUT2D eigenvalue weighted by Gasteiger charge is -2.36. The van der Waals surface area contributed by atoms with E-state index in [1.807, 2.05) is 47.9 Å². The van der Waals surface area contributed by atoms with Gasteiger partial charge in [0.1, 0.15) is 6.10 Å². The molecule has 1 aromatic carbocycles. The van der Waals surface area contributed by atoms with E-state index in [1.165, 1.54) is 0 Å². The number of amides is 2. The van der Waals surface area contributed by atoms with Gasteiger partial charge < -0.3 is 14.5 Å². The largest absolute Gasteiger partial charge is 0.370 e. The van der Waals surface area contributed by atoms with E-state index in [2.05, 4.69) is 0 Å². The minimum absolute atomic E-state index is 0.0883. The number of hydrogen-bond acceptors (Lipinski definition) is 2. The quantitative estimate of drug-likeness (QED) is 0.858. The Morgan fingerprint density at radius 1 is 1.45 bits per heavy atom. The van der Waals surface area contributed by atoms with Crippen LogP contribution in [-0.4, -0.2) is 48.6 Å². The zero-order valence-corrected chi connectivity index (χ0v) is 12.8. The fourth-order valence-corrected chi connectivity index (χ4v) is 2.62. The Labute approximate surface area is 125 Å². The Hall–Kier alpha value is -1.26. The molecule has 0 aromatic heterocycles. The van der Waals surface area contributed by atoms with E-state index in [0.29, 0.717) is 24.7 Å². The van der Waals surface area contributed by atoms with Gasteiger partial charge in [-0.1, -0.05) is 23.7 Å². The van der Waals surface area contributed by atoms with Crippen molar-refractivity contribution in [2.24, 2.45) is 0 Å². The first-order valence-corrected chi connectivity index (χ1v) is 7.44. The van der Waals surface area contributed by atoms with E-state index in [1.54, 1.807) is 0 Å². The molecular formula is C15H21ClN2O2. The first kappa shape index (κ1) is 15.1. The van der Waals surface area contributed by atoms with Crippen molar-refractivity contribution in [3.8, 4) is 0 Å². The summed E-state index contributed by atoms with van der Waals surface area (Å²) in [6.45, 7) is 7.24. The highest BCUT2D eigenvalue weighted by atomic mass is 35.5. The van der Waals surface area contributed by atoms with E-state index in [4.69, 9.17) is 16.3 Å². The van der Waals surface area contributed by atoms with Crippen LogP contribution in [0.1, 0.15) is 25.5 Å². The van der Waals surface area contributed by atoms with E-state index in [0.717, 1.165) is 18.7 Å². The highest BCUT2D eigenvalue weighted by Gasteiger charge is 2.27. The summed E-state index contributed by atoms with van der Waals surface area (Å²) in [6, 6.07) is 7.73. The second-order valence-corrected chi connectivity index (χ2v) is 5.25. The molecule has 0 N–H and O–H groups in total. The van der Waals surface area contributed by atoms with Crippen LogP contribution in [0.15, 0.2) is 24.3 Å². The van der Waals surface area contributed by atoms with Crippen molar-refractivity contribution in [3.05, 3.63) is 34.9 Å². The molecule has 1 aliphatic heterocycles. The van der Waals surface area contributed by atoms with Crippen molar-refractivity contribution in [3.63, 3.8) is 0 Å². The summed E-state index contributed by atoms with van der Waals surface area (Å²) in [6.07, 6.45) is -0.0954. The van der Waals surface area contributed by atoms with Crippen LogP contribution in [0.3, 0.4) is 0 Å². The fourth-order valence-electron chi connectivity index (χ4n) is 2.43. The molecular weight excluding hydrogens is 276 g/mol. The number of benzene rings is 1. The molecule has 1 heterocycles. The van der Waals surface area contributed by atoms with E-state index >= 15 is 0 Å². The first-order chi connectivity index (χ1) is 9.65. The number of hydrogen-bond donors (Lipinski definition) is 0. The molecule has 20 heavy (non-hydrogen) atoms. The Bertz CT molecular complexity index is 463. The lowest BCUT2D eigenvalue weighted by atomic mass is 10.1. The molecule has 1 aliphatic rings. The topological polar surface area (TPSA) is 32.8 Å². The van der Waals surface area contributed by atoms with Crippen LogP contribution in [0, 0.1) is 0 Å². The predicted molar refractivity (Wildman–Crippen MR) is 80.0 cm³/mol. The number of nitrogens with zero attached hydrogens (tertiary/aromatic N) is 2. The number of morpholine rings is 1. The predicted octanol–water partition coefficient (Wildman–Crippen LogP) is 3.18. The maximum Gasteiger partial charge on any atom is 0.320 e. The average Bonchev–Trinajstić information content (AvgIpc) is 2.48. The van der Waals surface area contributed by atoms with Gasteiger partial charge in [-0.25, -0.2) is 4.79 Å². The second-order valence-electron chi connectivity index (χ2n) is 4.82. The van der Waals surface area contributed by atoms with Crippen molar-refractivity contribution >= 4 is 17.6 Å². The highest BCUT2D eigenvalue weighted by molar-refractivity contribution is 6.30. The first-order valence-electron chi connectivity index (χ1n) is 7.06. The summed E-state index contributed by atoms with van der Waals surface area (Å²) >= 11 is 6.01. The molecule has 2 rings (SSSR count). The van der Waals surface area contributed by atoms with Gasteiger partial charge in [-0.2, -0.15) is 0 Å². The zero-order valence-electron chi connectivity index (χ0n) is 12.0. The Morgan fingerprint density at radius 3 is 2.85 bits per heavy atom. The number of urea groups is 1. The molecule has 110 valence electrons. The van der Waals surface area contributed by atoms with Crippen LogP contribution in [0.5, 0.6) is 0 Å². The summed E-state index contributed by atoms with van der Waals surface area (Å²) in [4.78, 5) is 16.1. The van der Waals surface area contributed by atoms with Crippen LogP contribution >= 0.6 is 11.6 Å². The van der Waals surface area contributed by atoms with Crippen LogP contribution in [0.4, 0.5) is 4.79 Å². The third kappa shape index (κ3) is 3.44. The fraction of sp³-hybridized carbons (Fsp3) is 0.533. The number of carbonyl (C=O) groups excluding carboxylic acids is 1. The average molecular weight is 297 g/mol. The number of ether oxygens (including phenoxy) is 1. The standard InChI is InChI=1S/C15H21ClN2O2/c1-3-17(4-2)15(19)18-8-9-20-14(11-18)12-6-5-7-13(16)10-12/h5-7,10,14H,3-4,8-9,11H2,1-2H3. The molecule has 0 saturated carbocycles. The van der Waals surface area contributed by atoms with Gasteiger partial charge in [-0.3, -0.25) is 0 Å². The molecule has 1 unspecified atom stereocenters. The minimum Gasteiger partial charge on any atom is -0.370 e. The van der Waals surface area contributed by atoms with Crippen molar-refractivity contribution in [1.29, 1.82) is 0 Å². The Kier molecular flexibility index (Phi) is 5.26. The summed E-state index contributed by atoms with van der Waals surface area (Å²) in [5.74, 6) is 0. The normalized spacial score (nSPS) is 18.9. The Morgan fingerprint density at radius 2 is 2.20 bits per heavy atom. The molecule has 5 heteroatoms. The van der Waals surface area contributed by atoms with Gasteiger partial charge in [0.05, 0.1) is 13.2 Å². The molecule has 0 bridgehead atoms. The van der Waals surface area contributed by atoms with Gasteiger partial charge in [0.25, 0.3) is 0 Å². The lowest BCUT2D eigenvalue weighted by Crippen LogP contribution is -2.48. The second kappa shape index (κ2) is 6.95. The molecule has 0 aliphatic carbocycles. The molecule has 1 saturated heterocycles. The SMILES string of the molecule is CCN(CC)C(=O)N1CCOC(c2cccc(Cl)c2)C1. The van der Waals surface area contributed by atoms with E-state index < -0.39 is 0 Å². The maximum atomic E-state index is 12.4. The minimum atomic E-state index is -0.0954. The number of rotatable bonds is 3. The molecule has 4 nitrogen and oxygen atoms in total. The van der Waals surface area contributed by atoms with Crippen LogP contribution in [0.25, 0.3) is 0 Å². The highest BCUT2D eigenvalue weighted by Crippen LogP contribution is 2.25. The third-order valence-corrected chi connectivity index (χ3v) is 3.83. The van der Waals surface area contributed by atoms with Gasteiger partial charge in [-0.05, 0) is 31.5 Å². The van der Waals surface area contributed by atoms with Crippen molar-refractivity contribution < 1.29 is 9.53 Å². The van der Waals surface area contributed by atoms with Crippen LogP contribution < -0.4 is 0 Å². The van der Waals surface area contributed by atoms with E-state index in [-0.39, 0.29) is 12.1 Å². The van der Waals surface area contributed by atoms with Gasteiger partial charge >= 0.3 is 6.03 Å². The summed E-state index contributed by atoms with van der Waals surface area (Å²) in [7, 11) is 0. The van der Waals surface area contributed by atoms with E-state index in [9.17, 15) is 4.79 Å². The van der Waals surface area contributed by atoms with Crippen LogP contribution in [-0.2, 0) is 4.74 Å². The monoisotopic (exact) mass is 296 g/mol. The third-order valence-electron chi connectivity index (χ3n) is 3.59.